The van der Waals surface area contributed by atoms with E-state index in [4.69, 9.17) is 0 Å². The number of carbonyl (C=O) groups is 1. The smallest absolute Gasteiger partial charge is 0.261 e. The Hall–Kier alpha value is -2.57. The highest BCUT2D eigenvalue weighted by Gasteiger charge is 2.30. The average Bonchev–Trinajstić information content (AvgIpc) is 3.28. The van der Waals surface area contributed by atoms with Crippen molar-refractivity contribution in [2.45, 2.75) is 25.4 Å². The Morgan fingerprint density at radius 3 is 2.72 bits per heavy atom. The number of halogens is 1. The van der Waals surface area contributed by atoms with Gasteiger partial charge >= 0.3 is 0 Å². The van der Waals surface area contributed by atoms with E-state index in [9.17, 15) is 9.18 Å². The molecule has 1 atom stereocenters. The predicted molar refractivity (Wildman–Crippen MR) is 113 cm³/mol. The summed E-state index contributed by atoms with van der Waals surface area (Å²) in [6, 6.07) is 16.3. The van der Waals surface area contributed by atoms with Gasteiger partial charge in [0.15, 0.2) is 0 Å². The van der Waals surface area contributed by atoms with Gasteiger partial charge in [0.05, 0.1) is 16.6 Å². The van der Waals surface area contributed by atoms with Crippen LogP contribution in [0.15, 0.2) is 66.2 Å². The summed E-state index contributed by atoms with van der Waals surface area (Å²) < 4.78 is 13.5. The zero-order valence-corrected chi connectivity index (χ0v) is 16.9. The first-order valence-corrected chi connectivity index (χ1v) is 10.8. The van der Waals surface area contributed by atoms with Gasteiger partial charge in [-0.2, -0.15) is 0 Å². The van der Waals surface area contributed by atoms with Crippen molar-refractivity contribution in [1.82, 2.24) is 15.2 Å². The third-order valence-electron chi connectivity index (χ3n) is 5.44. The molecule has 3 heterocycles. The van der Waals surface area contributed by atoms with E-state index in [1.54, 1.807) is 18.3 Å². The Morgan fingerprint density at radius 2 is 2.03 bits per heavy atom. The first-order valence-electron chi connectivity index (χ1n) is 9.91. The van der Waals surface area contributed by atoms with E-state index in [-0.39, 0.29) is 17.8 Å². The molecule has 6 heteroatoms. The minimum atomic E-state index is -0.191. The van der Waals surface area contributed by atoms with Crippen LogP contribution >= 0.6 is 11.3 Å². The summed E-state index contributed by atoms with van der Waals surface area (Å²) >= 11 is 1.45. The quantitative estimate of drug-likeness (QED) is 0.644. The number of rotatable bonds is 6. The highest BCUT2D eigenvalue weighted by molar-refractivity contribution is 7.12. The Kier molecular flexibility index (Phi) is 6.32. The lowest BCUT2D eigenvalue weighted by Gasteiger charge is -2.36. The van der Waals surface area contributed by atoms with Crippen molar-refractivity contribution in [3.05, 3.63) is 88.1 Å². The van der Waals surface area contributed by atoms with Crippen LogP contribution in [-0.4, -0.2) is 28.9 Å². The van der Waals surface area contributed by atoms with E-state index in [1.807, 2.05) is 41.8 Å². The normalized spacial score (nSPS) is 16.4. The van der Waals surface area contributed by atoms with Crippen molar-refractivity contribution in [3.63, 3.8) is 0 Å². The van der Waals surface area contributed by atoms with Gasteiger partial charge in [-0.25, -0.2) is 4.39 Å². The van der Waals surface area contributed by atoms with Crippen LogP contribution in [0.4, 0.5) is 4.39 Å². The zero-order valence-electron chi connectivity index (χ0n) is 16.1. The summed E-state index contributed by atoms with van der Waals surface area (Å²) in [5.74, 6) is 0.0827. The summed E-state index contributed by atoms with van der Waals surface area (Å²) in [7, 11) is 0. The van der Waals surface area contributed by atoms with Gasteiger partial charge in [0.2, 0.25) is 0 Å². The van der Waals surface area contributed by atoms with Crippen molar-refractivity contribution in [1.29, 1.82) is 0 Å². The molecule has 1 unspecified atom stereocenters. The molecule has 0 saturated carbocycles. The summed E-state index contributed by atoms with van der Waals surface area (Å²) in [5.41, 5.74) is 1.90. The zero-order chi connectivity index (χ0) is 20.1. The van der Waals surface area contributed by atoms with Crippen molar-refractivity contribution in [3.8, 4) is 0 Å². The molecule has 4 nitrogen and oxygen atoms in total. The van der Waals surface area contributed by atoms with Crippen LogP contribution in [-0.2, 0) is 6.54 Å². The van der Waals surface area contributed by atoms with Crippen LogP contribution in [0.2, 0.25) is 0 Å². The van der Waals surface area contributed by atoms with Gasteiger partial charge in [-0.05, 0) is 73.1 Å². The fourth-order valence-electron chi connectivity index (χ4n) is 3.95. The Labute approximate surface area is 174 Å². The van der Waals surface area contributed by atoms with E-state index in [1.165, 1.54) is 17.4 Å². The largest absolute Gasteiger partial charge is 0.343 e. The van der Waals surface area contributed by atoms with Crippen LogP contribution in [0.1, 0.15) is 39.8 Å². The van der Waals surface area contributed by atoms with Crippen molar-refractivity contribution >= 4 is 17.2 Å². The van der Waals surface area contributed by atoms with Gasteiger partial charge in [-0.3, -0.25) is 14.7 Å². The number of piperidine rings is 1. The van der Waals surface area contributed by atoms with Gasteiger partial charge < -0.3 is 5.32 Å². The third kappa shape index (κ3) is 5.08. The molecule has 1 aliphatic heterocycles. The number of likely N-dealkylation sites (tertiary alicyclic amines) is 1. The molecule has 0 spiro atoms. The molecule has 4 rings (SSSR count). The van der Waals surface area contributed by atoms with Crippen LogP contribution in [0, 0.1) is 11.7 Å². The molecule has 150 valence electrons. The van der Waals surface area contributed by atoms with E-state index in [0.717, 1.165) is 48.6 Å². The molecule has 1 aliphatic rings. The average molecular weight is 410 g/mol. The first-order chi connectivity index (χ1) is 14.2. The maximum atomic E-state index is 13.5. The molecular weight excluding hydrogens is 385 g/mol. The second-order valence-corrected chi connectivity index (χ2v) is 8.37. The van der Waals surface area contributed by atoms with Crippen molar-refractivity contribution in [2.75, 3.05) is 13.1 Å². The van der Waals surface area contributed by atoms with Gasteiger partial charge in [-0.15, -0.1) is 11.3 Å². The van der Waals surface area contributed by atoms with Gasteiger partial charge in [0.25, 0.3) is 5.91 Å². The molecule has 1 N–H and O–H groups in total. The number of thiophene rings is 1. The summed E-state index contributed by atoms with van der Waals surface area (Å²) in [4.78, 5) is 20.3. The number of nitrogens with zero attached hydrogens (tertiary/aromatic N) is 2. The number of aromatic nitrogens is 1. The first kappa shape index (κ1) is 19.7. The second-order valence-electron chi connectivity index (χ2n) is 7.43. The van der Waals surface area contributed by atoms with E-state index >= 15 is 0 Å². The van der Waals surface area contributed by atoms with Crippen LogP contribution < -0.4 is 5.32 Å². The predicted octanol–water partition coefficient (Wildman–Crippen LogP) is 4.67. The number of nitrogens with one attached hydrogen (secondary N) is 1. The van der Waals surface area contributed by atoms with Crippen LogP contribution in [0.25, 0.3) is 0 Å². The van der Waals surface area contributed by atoms with Crippen LogP contribution in [0.3, 0.4) is 0 Å². The van der Waals surface area contributed by atoms with Gasteiger partial charge in [0.1, 0.15) is 5.82 Å². The van der Waals surface area contributed by atoms with Crippen molar-refractivity contribution in [2.24, 2.45) is 5.92 Å². The monoisotopic (exact) mass is 409 g/mol. The lowest BCUT2D eigenvalue weighted by Crippen LogP contribution is -2.40. The summed E-state index contributed by atoms with van der Waals surface area (Å²) in [5, 5.41) is 5.13. The highest BCUT2D eigenvalue weighted by atomic mass is 32.1. The van der Waals surface area contributed by atoms with Gasteiger partial charge in [-0.1, -0.05) is 24.3 Å². The minimum Gasteiger partial charge on any atom is -0.343 e. The second kappa shape index (κ2) is 9.29. The molecule has 29 heavy (non-hydrogen) atoms. The number of benzene rings is 1. The molecular formula is C23H24FN3OS. The topological polar surface area (TPSA) is 45.2 Å². The molecule has 1 saturated heterocycles. The molecule has 3 aromatic rings. The highest BCUT2D eigenvalue weighted by Crippen LogP contribution is 2.31. The molecule has 2 aromatic heterocycles. The number of pyridine rings is 1. The van der Waals surface area contributed by atoms with Crippen molar-refractivity contribution < 1.29 is 9.18 Å². The number of amides is 1. The third-order valence-corrected chi connectivity index (χ3v) is 6.31. The number of carbonyl (C=O) groups excluding carboxylic acids is 1. The Bertz CT molecular complexity index is 924. The molecule has 0 bridgehead atoms. The fourth-order valence-corrected chi connectivity index (χ4v) is 4.58. The standard InChI is InChI=1S/C23H24FN3OS/c24-19-6-3-5-17(15-19)16-27-12-9-18(10-13-27)22(20-7-1-2-11-25-20)26-23(28)21-8-4-14-29-21/h1-8,11,14-15,18,22H,9-10,12-13,16H2,(H,26,28). The molecule has 0 aliphatic carbocycles. The molecule has 1 fully saturated rings. The molecule has 1 amide bonds. The summed E-state index contributed by atoms with van der Waals surface area (Å²) in [6.07, 6.45) is 3.70. The van der Waals surface area contributed by atoms with Gasteiger partial charge in [0, 0.05) is 12.7 Å². The summed E-state index contributed by atoms with van der Waals surface area (Å²) in [6.45, 7) is 2.58. The maximum Gasteiger partial charge on any atom is 0.261 e. The van der Waals surface area contributed by atoms with E-state index in [0.29, 0.717) is 5.92 Å². The molecule has 0 radical (unpaired) electrons. The lowest BCUT2D eigenvalue weighted by molar-refractivity contribution is 0.0892. The maximum absolute atomic E-state index is 13.5. The van der Waals surface area contributed by atoms with E-state index < -0.39 is 0 Å². The SMILES string of the molecule is O=C(NC(c1ccccn1)C1CCN(Cc2cccc(F)c2)CC1)c1cccs1. The lowest BCUT2D eigenvalue weighted by atomic mass is 9.87. The number of hydrogen-bond donors (Lipinski definition) is 1. The van der Waals surface area contributed by atoms with Crippen LogP contribution in [0.5, 0.6) is 0 Å². The fraction of sp³-hybridized carbons (Fsp3) is 0.304. The Balaban J connectivity index is 1.43. The Morgan fingerprint density at radius 1 is 1.17 bits per heavy atom. The minimum absolute atomic E-state index is 0.0437. The number of hydrogen-bond acceptors (Lipinski definition) is 4. The van der Waals surface area contributed by atoms with E-state index in [2.05, 4.69) is 15.2 Å². The molecule has 1 aromatic carbocycles.